The Kier molecular flexibility index (Phi) is 7.62. The highest BCUT2D eigenvalue weighted by molar-refractivity contribution is 8.00. The van der Waals surface area contributed by atoms with Gasteiger partial charge in [0.15, 0.2) is 0 Å². The van der Waals surface area contributed by atoms with Crippen molar-refractivity contribution in [2.45, 2.75) is 9.79 Å². The molecule has 2 aromatic carbocycles. The van der Waals surface area contributed by atoms with Gasteiger partial charge in [-0.05, 0) is 36.4 Å². The van der Waals surface area contributed by atoms with Crippen molar-refractivity contribution >= 4 is 35.3 Å². The van der Waals surface area contributed by atoms with Crippen LogP contribution in [0.2, 0.25) is 0 Å². The Morgan fingerprint density at radius 1 is 0.960 bits per heavy atom. The first-order valence-corrected chi connectivity index (χ1v) is 9.27. The van der Waals surface area contributed by atoms with E-state index in [-0.39, 0.29) is 23.2 Å². The number of carbonyl (C=O) groups is 2. The standard InChI is InChI=1S/C17H17FN2O3S2/c1-23-12-6-8-13(9-7-12)24-10-16(21)19-20-17(22)11-25-15-5-3-2-4-14(15)18/h2-9H,10-11H2,1H3,(H,19,21)(H,20,22). The average Bonchev–Trinajstić information content (AvgIpc) is 2.64. The molecule has 0 unspecified atom stereocenters. The van der Waals surface area contributed by atoms with Gasteiger partial charge in [-0.2, -0.15) is 0 Å². The summed E-state index contributed by atoms with van der Waals surface area (Å²) < 4.78 is 18.5. The summed E-state index contributed by atoms with van der Waals surface area (Å²) in [5.74, 6) is -0.199. The molecule has 0 spiro atoms. The third kappa shape index (κ3) is 6.67. The second-order valence-electron chi connectivity index (χ2n) is 4.78. The Morgan fingerprint density at radius 3 is 2.16 bits per heavy atom. The average molecular weight is 380 g/mol. The minimum absolute atomic E-state index is 0.00678. The summed E-state index contributed by atoms with van der Waals surface area (Å²) in [4.78, 5) is 24.7. The predicted molar refractivity (Wildman–Crippen MR) is 97.1 cm³/mol. The molecule has 0 aliphatic carbocycles. The van der Waals surface area contributed by atoms with Crippen molar-refractivity contribution in [2.75, 3.05) is 18.6 Å². The Hall–Kier alpha value is -2.19. The van der Waals surface area contributed by atoms with Gasteiger partial charge in [-0.1, -0.05) is 12.1 Å². The minimum Gasteiger partial charge on any atom is -0.497 e. The molecule has 0 atom stereocenters. The van der Waals surface area contributed by atoms with Gasteiger partial charge in [0.25, 0.3) is 0 Å². The highest BCUT2D eigenvalue weighted by atomic mass is 32.2. The second kappa shape index (κ2) is 9.95. The van der Waals surface area contributed by atoms with E-state index in [1.807, 2.05) is 24.3 Å². The van der Waals surface area contributed by atoms with E-state index >= 15 is 0 Å². The van der Waals surface area contributed by atoms with Crippen LogP contribution in [0, 0.1) is 5.82 Å². The van der Waals surface area contributed by atoms with Crippen LogP contribution in [0.3, 0.4) is 0 Å². The first kappa shape index (κ1) is 19.1. The maximum absolute atomic E-state index is 13.4. The van der Waals surface area contributed by atoms with Crippen molar-refractivity contribution in [3.63, 3.8) is 0 Å². The summed E-state index contributed by atoms with van der Waals surface area (Å²) >= 11 is 2.40. The van der Waals surface area contributed by atoms with E-state index in [0.717, 1.165) is 22.4 Å². The molecule has 0 saturated heterocycles. The van der Waals surface area contributed by atoms with E-state index < -0.39 is 5.91 Å². The Balaban J connectivity index is 1.66. The molecule has 2 amide bonds. The SMILES string of the molecule is COc1ccc(SCC(=O)NNC(=O)CSc2ccccc2F)cc1. The van der Waals surface area contributed by atoms with Crippen LogP contribution >= 0.6 is 23.5 Å². The van der Waals surface area contributed by atoms with Gasteiger partial charge in [-0.25, -0.2) is 4.39 Å². The summed E-state index contributed by atoms with van der Waals surface area (Å²) in [6.45, 7) is 0. The third-order valence-corrected chi connectivity index (χ3v) is 5.03. The zero-order chi connectivity index (χ0) is 18.1. The van der Waals surface area contributed by atoms with Crippen LogP contribution in [0.1, 0.15) is 0 Å². The number of hydrogen-bond donors (Lipinski definition) is 2. The molecule has 0 heterocycles. The molecule has 0 fully saturated rings. The van der Waals surface area contributed by atoms with Crippen LogP contribution in [0.4, 0.5) is 4.39 Å². The van der Waals surface area contributed by atoms with Crippen LogP contribution in [-0.2, 0) is 9.59 Å². The number of thioether (sulfide) groups is 2. The molecule has 0 saturated carbocycles. The summed E-state index contributed by atoms with van der Waals surface area (Å²) in [6, 6.07) is 13.5. The maximum Gasteiger partial charge on any atom is 0.248 e. The monoisotopic (exact) mass is 380 g/mol. The van der Waals surface area contributed by atoms with Crippen LogP contribution < -0.4 is 15.6 Å². The molecule has 0 aliphatic rings. The Labute approximate surface area is 153 Å². The third-order valence-electron chi connectivity index (χ3n) is 2.97. The van der Waals surface area contributed by atoms with Gasteiger partial charge in [0.1, 0.15) is 11.6 Å². The molecule has 5 nitrogen and oxygen atoms in total. The van der Waals surface area contributed by atoms with Crippen LogP contribution in [0.25, 0.3) is 0 Å². The maximum atomic E-state index is 13.4. The number of hydrazine groups is 1. The quantitative estimate of drug-likeness (QED) is 0.571. The second-order valence-corrected chi connectivity index (χ2v) is 6.85. The number of hydrogen-bond acceptors (Lipinski definition) is 5. The highest BCUT2D eigenvalue weighted by Gasteiger charge is 2.08. The zero-order valence-corrected chi connectivity index (χ0v) is 15.1. The lowest BCUT2D eigenvalue weighted by atomic mass is 10.3. The molecule has 0 aliphatic heterocycles. The van der Waals surface area contributed by atoms with Gasteiger partial charge in [0, 0.05) is 9.79 Å². The number of benzene rings is 2. The van der Waals surface area contributed by atoms with Crippen molar-refractivity contribution in [3.05, 3.63) is 54.3 Å². The van der Waals surface area contributed by atoms with Crippen LogP contribution in [0.5, 0.6) is 5.75 Å². The van der Waals surface area contributed by atoms with Crippen molar-refractivity contribution in [1.29, 1.82) is 0 Å². The first-order valence-electron chi connectivity index (χ1n) is 7.30. The lowest BCUT2D eigenvalue weighted by Crippen LogP contribution is -2.43. The number of methoxy groups -OCH3 is 1. The Bertz CT molecular complexity index is 726. The molecule has 2 rings (SSSR count). The number of amides is 2. The van der Waals surface area contributed by atoms with E-state index in [2.05, 4.69) is 10.9 Å². The fourth-order valence-corrected chi connectivity index (χ4v) is 3.18. The molecule has 0 radical (unpaired) electrons. The van der Waals surface area contributed by atoms with Gasteiger partial charge in [-0.15, -0.1) is 23.5 Å². The number of ether oxygens (including phenoxy) is 1. The molecule has 8 heteroatoms. The summed E-state index contributed by atoms with van der Waals surface area (Å²) in [6.07, 6.45) is 0. The van der Waals surface area contributed by atoms with E-state index in [4.69, 9.17) is 4.74 Å². The van der Waals surface area contributed by atoms with Crippen LogP contribution in [-0.4, -0.2) is 30.4 Å². The molecule has 0 bridgehead atoms. The van der Waals surface area contributed by atoms with Crippen molar-refractivity contribution in [2.24, 2.45) is 0 Å². The zero-order valence-electron chi connectivity index (χ0n) is 13.5. The molecular formula is C17H17FN2O3S2. The van der Waals surface area contributed by atoms with Crippen molar-refractivity contribution < 1.29 is 18.7 Å². The Morgan fingerprint density at radius 2 is 1.56 bits per heavy atom. The summed E-state index contributed by atoms with van der Waals surface area (Å²) in [5.41, 5.74) is 4.65. The molecule has 25 heavy (non-hydrogen) atoms. The predicted octanol–water partition coefficient (Wildman–Crippen LogP) is 2.87. The fourth-order valence-electron chi connectivity index (χ4n) is 1.74. The normalized spacial score (nSPS) is 10.2. The lowest BCUT2D eigenvalue weighted by Gasteiger charge is -2.08. The largest absolute Gasteiger partial charge is 0.497 e. The minimum atomic E-state index is -0.406. The van der Waals surface area contributed by atoms with E-state index in [1.165, 1.54) is 17.8 Å². The number of halogens is 1. The van der Waals surface area contributed by atoms with Gasteiger partial charge < -0.3 is 4.74 Å². The summed E-state index contributed by atoms with van der Waals surface area (Å²) in [5, 5.41) is 0. The van der Waals surface area contributed by atoms with Gasteiger partial charge in [0.05, 0.1) is 18.6 Å². The lowest BCUT2D eigenvalue weighted by molar-refractivity contribution is -0.126. The number of rotatable bonds is 7. The van der Waals surface area contributed by atoms with E-state index in [0.29, 0.717) is 4.90 Å². The topological polar surface area (TPSA) is 67.4 Å². The fraction of sp³-hybridized carbons (Fsp3) is 0.176. The van der Waals surface area contributed by atoms with E-state index in [1.54, 1.807) is 25.3 Å². The number of nitrogens with one attached hydrogen (secondary N) is 2. The molecule has 0 aromatic heterocycles. The van der Waals surface area contributed by atoms with E-state index in [9.17, 15) is 14.0 Å². The highest BCUT2D eigenvalue weighted by Crippen LogP contribution is 2.21. The van der Waals surface area contributed by atoms with Crippen molar-refractivity contribution in [1.82, 2.24) is 10.9 Å². The first-order chi connectivity index (χ1) is 12.1. The van der Waals surface area contributed by atoms with Gasteiger partial charge in [0.2, 0.25) is 11.8 Å². The number of carbonyl (C=O) groups excluding carboxylic acids is 2. The molecule has 2 aromatic rings. The van der Waals surface area contributed by atoms with Crippen molar-refractivity contribution in [3.8, 4) is 5.75 Å². The molecule has 132 valence electrons. The smallest absolute Gasteiger partial charge is 0.248 e. The summed E-state index contributed by atoms with van der Waals surface area (Å²) in [7, 11) is 1.59. The van der Waals surface area contributed by atoms with Gasteiger partial charge in [-0.3, -0.25) is 20.4 Å². The van der Waals surface area contributed by atoms with Crippen LogP contribution in [0.15, 0.2) is 58.3 Å². The molecule has 2 N–H and O–H groups in total. The van der Waals surface area contributed by atoms with Gasteiger partial charge >= 0.3 is 0 Å². The molecular weight excluding hydrogens is 363 g/mol.